The maximum absolute atomic E-state index is 12.1. The SMILES string of the molecule is CC(CCCO)NC(=O)c1ccc2c(c1)CCCN2. The summed E-state index contributed by atoms with van der Waals surface area (Å²) >= 11 is 0. The highest BCUT2D eigenvalue weighted by Gasteiger charge is 2.13. The molecule has 2 rings (SSSR count). The number of amides is 1. The summed E-state index contributed by atoms with van der Waals surface area (Å²) in [4.78, 5) is 12.1. The van der Waals surface area contributed by atoms with Crippen molar-refractivity contribution >= 4 is 11.6 Å². The van der Waals surface area contributed by atoms with Gasteiger partial charge in [0.1, 0.15) is 0 Å². The van der Waals surface area contributed by atoms with E-state index in [1.807, 2.05) is 25.1 Å². The zero-order valence-electron chi connectivity index (χ0n) is 11.4. The summed E-state index contributed by atoms with van der Waals surface area (Å²) in [5, 5.41) is 15.1. The van der Waals surface area contributed by atoms with Crippen molar-refractivity contribution < 1.29 is 9.90 Å². The number of hydrogen-bond acceptors (Lipinski definition) is 3. The Morgan fingerprint density at radius 3 is 3.16 bits per heavy atom. The second-order valence-electron chi connectivity index (χ2n) is 5.14. The molecular weight excluding hydrogens is 240 g/mol. The minimum atomic E-state index is -0.0289. The van der Waals surface area contributed by atoms with E-state index in [-0.39, 0.29) is 18.6 Å². The van der Waals surface area contributed by atoms with Crippen LogP contribution < -0.4 is 10.6 Å². The highest BCUT2D eigenvalue weighted by Crippen LogP contribution is 2.22. The number of nitrogens with one attached hydrogen (secondary N) is 2. The van der Waals surface area contributed by atoms with Crippen LogP contribution in [0.25, 0.3) is 0 Å². The summed E-state index contributed by atoms with van der Waals surface area (Å²) in [5.74, 6) is -0.0289. The molecule has 4 heteroatoms. The molecule has 3 N–H and O–H groups in total. The summed E-state index contributed by atoms with van der Waals surface area (Å²) in [6.45, 7) is 3.15. The molecule has 0 fully saturated rings. The van der Waals surface area contributed by atoms with Crippen molar-refractivity contribution in [3.8, 4) is 0 Å². The molecular formula is C15H22N2O2. The molecule has 0 spiro atoms. The third-order valence-corrected chi connectivity index (χ3v) is 3.48. The van der Waals surface area contributed by atoms with Gasteiger partial charge in [0.25, 0.3) is 5.91 Å². The average molecular weight is 262 g/mol. The highest BCUT2D eigenvalue weighted by molar-refractivity contribution is 5.95. The van der Waals surface area contributed by atoms with E-state index < -0.39 is 0 Å². The summed E-state index contributed by atoms with van der Waals surface area (Å²) < 4.78 is 0. The Morgan fingerprint density at radius 1 is 1.53 bits per heavy atom. The predicted octanol–water partition coefficient (Wildman–Crippen LogP) is 1.94. The molecule has 1 aliphatic heterocycles. The van der Waals surface area contributed by atoms with E-state index in [1.165, 1.54) is 5.56 Å². The van der Waals surface area contributed by atoms with Crippen molar-refractivity contribution in [1.82, 2.24) is 5.32 Å². The molecule has 1 amide bonds. The maximum Gasteiger partial charge on any atom is 0.251 e. The Bertz CT molecular complexity index is 446. The lowest BCUT2D eigenvalue weighted by Gasteiger charge is -2.19. The Balaban J connectivity index is 1.99. The quantitative estimate of drug-likeness (QED) is 0.760. The lowest BCUT2D eigenvalue weighted by Crippen LogP contribution is -2.32. The molecule has 1 aromatic carbocycles. The topological polar surface area (TPSA) is 61.4 Å². The molecule has 19 heavy (non-hydrogen) atoms. The number of anilines is 1. The van der Waals surface area contributed by atoms with Gasteiger partial charge in [-0.1, -0.05) is 0 Å². The number of aliphatic hydroxyl groups is 1. The lowest BCUT2D eigenvalue weighted by molar-refractivity contribution is 0.0936. The predicted molar refractivity (Wildman–Crippen MR) is 76.5 cm³/mol. The molecule has 1 aromatic rings. The van der Waals surface area contributed by atoms with E-state index in [4.69, 9.17) is 5.11 Å². The van der Waals surface area contributed by atoms with Crippen molar-refractivity contribution in [2.75, 3.05) is 18.5 Å². The molecule has 0 aromatic heterocycles. The second-order valence-corrected chi connectivity index (χ2v) is 5.14. The molecule has 0 bridgehead atoms. The second kappa shape index (κ2) is 6.57. The maximum atomic E-state index is 12.1. The van der Waals surface area contributed by atoms with Crippen molar-refractivity contribution in [3.63, 3.8) is 0 Å². The molecule has 1 aliphatic rings. The first kappa shape index (κ1) is 13.9. The number of rotatable bonds is 5. The van der Waals surface area contributed by atoms with Gasteiger partial charge in [0, 0.05) is 30.4 Å². The first-order valence-corrected chi connectivity index (χ1v) is 6.99. The third kappa shape index (κ3) is 3.70. The molecule has 1 atom stereocenters. The van der Waals surface area contributed by atoms with E-state index in [0.717, 1.165) is 43.5 Å². The highest BCUT2D eigenvalue weighted by atomic mass is 16.3. The van der Waals surface area contributed by atoms with E-state index in [1.54, 1.807) is 0 Å². The Labute approximate surface area is 114 Å². The Morgan fingerprint density at radius 2 is 2.37 bits per heavy atom. The zero-order valence-corrected chi connectivity index (χ0v) is 11.4. The van der Waals surface area contributed by atoms with Gasteiger partial charge in [-0.2, -0.15) is 0 Å². The first-order valence-electron chi connectivity index (χ1n) is 6.99. The van der Waals surface area contributed by atoms with Gasteiger partial charge in [-0.3, -0.25) is 4.79 Å². The van der Waals surface area contributed by atoms with Gasteiger partial charge in [-0.25, -0.2) is 0 Å². The molecule has 4 nitrogen and oxygen atoms in total. The van der Waals surface area contributed by atoms with E-state index >= 15 is 0 Å². The molecule has 0 radical (unpaired) electrons. The zero-order chi connectivity index (χ0) is 13.7. The van der Waals surface area contributed by atoms with Gasteiger partial charge in [0.2, 0.25) is 0 Å². The molecule has 1 heterocycles. The minimum absolute atomic E-state index is 0.0289. The monoisotopic (exact) mass is 262 g/mol. The first-order chi connectivity index (χ1) is 9.20. The summed E-state index contributed by atoms with van der Waals surface area (Å²) in [5.41, 5.74) is 3.09. The lowest BCUT2D eigenvalue weighted by atomic mass is 10.0. The van der Waals surface area contributed by atoms with Crippen molar-refractivity contribution in [2.45, 2.75) is 38.6 Å². The van der Waals surface area contributed by atoms with Gasteiger partial charge in [-0.05, 0) is 56.4 Å². The number of aryl methyl sites for hydroxylation is 1. The molecule has 104 valence electrons. The summed E-state index contributed by atoms with van der Waals surface area (Å²) in [6.07, 6.45) is 3.67. The van der Waals surface area contributed by atoms with Crippen molar-refractivity contribution in [1.29, 1.82) is 0 Å². The molecule has 0 saturated heterocycles. The number of carbonyl (C=O) groups is 1. The smallest absolute Gasteiger partial charge is 0.251 e. The third-order valence-electron chi connectivity index (χ3n) is 3.48. The molecule has 1 unspecified atom stereocenters. The normalized spacial score (nSPS) is 15.3. The molecule has 0 aliphatic carbocycles. The summed E-state index contributed by atoms with van der Waals surface area (Å²) in [7, 11) is 0. The fraction of sp³-hybridized carbons (Fsp3) is 0.533. The fourth-order valence-corrected chi connectivity index (χ4v) is 2.39. The van der Waals surface area contributed by atoms with Gasteiger partial charge < -0.3 is 15.7 Å². The van der Waals surface area contributed by atoms with Crippen LogP contribution in [0.2, 0.25) is 0 Å². The minimum Gasteiger partial charge on any atom is -0.396 e. The largest absolute Gasteiger partial charge is 0.396 e. The van der Waals surface area contributed by atoms with Crippen LogP contribution in [-0.2, 0) is 6.42 Å². The van der Waals surface area contributed by atoms with Crippen LogP contribution in [0.15, 0.2) is 18.2 Å². The van der Waals surface area contributed by atoms with Gasteiger partial charge in [0.15, 0.2) is 0 Å². The van der Waals surface area contributed by atoms with Crippen LogP contribution in [0.1, 0.15) is 42.1 Å². The fourth-order valence-electron chi connectivity index (χ4n) is 2.39. The standard InChI is InChI=1S/C15H22N2O2/c1-11(4-3-9-18)17-15(19)13-6-7-14-12(10-13)5-2-8-16-14/h6-7,10-11,16,18H,2-5,8-9H2,1H3,(H,17,19). The van der Waals surface area contributed by atoms with Gasteiger partial charge in [0.05, 0.1) is 0 Å². The van der Waals surface area contributed by atoms with Crippen LogP contribution in [-0.4, -0.2) is 30.2 Å². The van der Waals surface area contributed by atoms with Crippen molar-refractivity contribution in [2.24, 2.45) is 0 Å². The average Bonchev–Trinajstić information content (AvgIpc) is 2.44. The number of hydrogen-bond donors (Lipinski definition) is 3. The van der Waals surface area contributed by atoms with Crippen LogP contribution in [0.5, 0.6) is 0 Å². The van der Waals surface area contributed by atoms with Crippen LogP contribution in [0.4, 0.5) is 5.69 Å². The van der Waals surface area contributed by atoms with E-state index in [0.29, 0.717) is 0 Å². The van der Waals surface area contributed by atoms with E-state index in [2.05, 4.69) is 10.6 Å². The van der Waals surface area contributed by atoms with Crippen LogP contribution in [0.3, 0.4) is 0 Å². The van der Waals surface area contributed by atoms with Crippen molar-refractivity contribution in [3.05, 3.63) is 29.3 Å². The summed E-state index contributed by atoms with van der Waals surface area (Å²) in [6, 6.07) is 5.93. The van der Waals surface area contributed by atoms with Crippen LogP contribution >= 0.6 is 0 Å². The number of benzene rings is 1. The number of carbonyl (C=O) groups excluding carboxylic acids is 1. The van der Waals surface area contributed by atoms with Gasteiger partial charge >= 0.3 is 0 Å². The number of fused-ring (bicyclic) bond motifs is 1. The van der Waals surface area contributed by atoms with Crippen LogP contribution in [0, 0.1) is 0 Å². The Hall–Kier alpha value is -1.55. The Kier molecular flexibility index (Phi) is 4.80. The number of aliphatic hydroxyl groups excluding tert-OH is 1. The van der Waals surface area contributed by atoms with Gasteiger partial charge in [-0.15, -0.1) is 0 Å². The van der Waals surface area contributed by atoms with E-state index in [9.17, 15) is 4.79 Å². The molecule has 0 saturated carbocycles.